The lowest BCUT2D eigenvalue weighted by Crippen LogP contribution is -2.41. The Morgan fingerprint density at radius 3 is 2.12 bits per heavy atom. The summed E-state index contributed by atoms with van der Waals surface area (Å²) >= 11 is 0. The van der Waals surface area contributed by atoms with E-state index in [0.717, 1.165) is 0 Å². The minimum absolute atomic E-state index is 0.0383. The number of rotatable bonds is 3. The molecule has 8 heteroatoms. The Morgan fingerprint density at radius 2 is 1.65 bits per heavy atom. The van der Waals surface area contributed by atoms with Crippen molar-refractivity contribution in [2.45, 2.75) is 65.3 Å². The van der Waals surface area contributed by atoms with E-state index in [1.54, 1.807) is 26.8 Å². The number of carbonyl (C=O) groups excluding carboxylic acids is 1. The van der Waals surface area contributed by atoms with E-state index in [9.17, 15) is 14.7 Å². The van der Waals surface area contributed by atoms with E-state index in [2.05, 4.69) is 5.32 Å². The summed E-state index contributed by atoms with van der Waals surface area (Å²) in [6.07, 6.45) is -0.683. The second-order valence-corrected chi connectivity index (χ2v) is 8.32. The molecule has 2 N–H and O–H groups in total. The van der Waals surface area contributed by atoms with Crippen LogP contribution in [0.15, 0.2) is 18.2 Å². The monoisotopic (exact) mass is 363 g/mol. The first kappa shape index (κ1) is 20.3. The predicted molar refractivity (Wildman–Crippen MR) is 99.0 cm³/mol. The summed E-state index contributed by atoms with van der Waals surface area (Å²) in [5.41, 5.74) is -0.967. The van der Waals surface area contributed by atoms with Crippen molar-refractivity contribution < 1.29 is 28.7 Å². The zero-order valence-electron chi connectivity index (χ0n) is 16.3. The average molecular weight is 363 g/mol. The summed E-state index contributed by atoms with van der Waals surface area (Å²) in [4.78, 5) is 23.5. The van der Waals surface area contributed by atoms with Crippen LogP contribution in [0.3, 0.4) is 0 Å². The third-order valence-electron chi connectivity index (χ3n) is 4.44. The van der Waals surface area contributed by atoms with Crippen LogP contribution in [0.1, 0.15) is 58.8 Å². The highest BCUT2D eigenvalue weighted by Gasteiger charge is 2.52. The zero-order valence-corrected chi connectivity index (χ0v) is 16.3. The van der Waals surface area contributed by atoms with Gasteiger partial charge in [-0.15, -0.1) is 0 Å². The standard InChI is InChI=1S/C18H26BNO6/c1-16(2,3)24-15(23)20-13-10-11(14(21)22)8-9-12(13)19-25-17(4,5)18(6,7)26-19/h8-10H,1-7H3,(H,20,23)(H,21,22). The number of ether oxygens (including phenoxy) is 1. The third kappa shape index (κ3) is 4.37. The highest BCUT2D eigenvalue weighted by Crippen LogP contribution is 2.37. The number of anilines is 1. The highest BCUT2D eigenvalue weighted by atomic mass is 16.7. The Kier molecular flexibility index (Phi) is 5.14. The molecule has 1 heterocycles. The molecule has 1 aliphatic heterocycles. The number of benzene rings is 1. The fourth-order valence-electron chi connectivity index (χ4n) is 2.39. The molecule has 1 saturated heterocycles. The lowest BCUT2D eigenvalue weighted by Gasteiger charge is -2.32. The van der Waals surface area contributed by atoms with Crippen LogP contribution in [0.4, 0.5) is 10.5 Å². The lowest BCUT2D eigenvalue weighted by atomic mass is 9.77. The SMILES string of the molecule is CC(C)(C)OC(=O)Nc1cc(C(=O)O)ccc1B1OC(C)(C)C(C)(C)O1. The van der Waals surface area contributed by atoms with Crippen LogP contribution in [-0.2, 0) is 14.0 Å². The first-order chi connectivity index (χ1) is 11.7. The molecule has 2 rings (SSSR count). The molecule has 0 atom stereocenters. The van der Waals surface area contributed by atoms with Gasteiger partial charge in [0.15, 0.2) is 0 Å². The number of amides is 1. The number of hydrogen-bond donors (Lipinski definition) is 2. The van der Waals surface area contributed by atoms with Crippen LogP contribution in [0, 0.1) is 0 Å². The van der Waals surface area contributed by atoms with Gasteiger partial charge < -0.3 is 19.2 Å². The number of carboxylic acid groups (broad SMARTS) is 1. The van der Waals surface area contributed by atoms with Crippen LogP contribution in [-0.4, -0.2) is 41.1 Å². The van der Waals surface area contributed by atoms with E-state index >= 15 is 0 Å². The van der Waals surface area contributed by atoms with Gasteiger partial charge >= 0.3 is 19.2 Å². The van der Waals surface area contributed by atoms with E-state index in [1.807, 2.05) is 27.7 Å². The summed E-state index contributed by atoms with van der Waals surface area (Å²) in [6, 6.07) is 4.40. The molecular weight excluding hydrogens is 337 g/mol. The molecule has 1 aromatic rings. The first-order valence-corrected chi connectivity index (χ1v) is 8.45. The van der Waals surface area contributed by atoms with Gasteiger partial charge in [-0.05, 0) is 60.6 Å². The molecule has 0 saturated carbocycles. The van der Waals surface area contributed by atoms with Crippen molar-refractivity contribution >= 4 is 30.3 Å². The van der Waals surface area contributed by atoms with E-state index in [4.69, 9.17) is 14.0 Å². The third-order valence-corrected chi connectivity index (χ3v) is 4.44. The molecule has 7 nitrogen and oxygen atoms in total. The molecule has 0 radical (unpaired) electrons. The first-order valence-electron chi connectivity index (χ1n) is 8.45. The van der Waals surface area contributed by atoms with Crippen LogP contribution in [0.2, 0.25) is 0 Å². The minimum Gasteiger partial charge on any atom is -0.478 e. The largest absolute Gasteiger partial charge is 0.496 e. The fourth-order valence-corrected chi connectivity index (χ4v) is 2.39. The molecule has 0 aliphatic carbocycles. The second kappa shape index (κ2) is 6.59. The average Bonchev–Trinajstić information content (AvgIpc) is 2.64. The Bertz CT molecular complexity index is 707. The van der Waals surface area contributed by atoms with E-state index < -0.39 is 36.0 Å². The number of nitrogens with one attached hydrogen (secondary N) is 1. The van der Waals surface area contributed by atoms with Gasteiger partial charge in [-0.25, -0.2) is 9.59 Å². The van der Waals surface area contributed by atoms with Crippen LogP contribution in [0.5, 0.6) is 0 Å². The second-order valence-electron chi connectivity index (χ2n) is 8.32. The van der Waals surface area contributed by atoms with Gasteiger partial charge in [0.25, 0.3) is 0 Å². The summed E-state index contributed by atoms with van der Waals surface area (Å²) in [5.74, 6) is -1.10. The van der Waals surface area contributed by atoms with Gasteiger partial charge in [-0.3, -0.25) is 5.32 Å². The van der Waals surface area contributed by atoms with Gasteiger partial charge in [-0.1, -0.05) is 6.07 Å². The van der Waals surface area contributed by atoms with Crippen LogP contribution < -0.4 is 10.8 Å². The molecule has 1 aromatic carbocycles. The van der Waals surface area contributed by atoms with Gasteiger partial charge in [0.1, 0.15) is 5.60 Å². The molecule has 142 valence electrons. The minimum atomic E-state index is -1.10. The topological polar surface area (TPSA) is 94.1 Å². The van der Waals surface area contributed by atoms with Gasteiger partial charge in [0, 0.05) is 11.2 Å². The van der Waals surface area contributed by atoms with E-state index in [-0.39, 0.29) is 11.3 Å². The number of aromatic carboxylic acids is 1. The Balaban J connectivity index is 2.37. The Labute approximate surface area is 154 Å². The molecule has 0 aromatic heterocycles. The molecule has 26 heavy (non-hydrogen) atoms. The Morgan fingerprint density at radius 1 is 1.12 bits per heavy atom. The zero-order chi connectivity index (χ0) is 19.9. The maximum Gasteiger partial charge on any atom is 0.496 e. The molecular formula is C18H26BNO6. The van der Waals surface area contributed by atoms with Crippen molar-refractivity contribution in [1.29, 1.82) is 0 Å². The van der Waals surface area contributed by atoms with Crippen molar-refractivity contribution in [3.05, 3.63) is 23.8 Å². The van der Waals surface area contributed by atoms with Crippen LogP contribution in [0.25, 0.3) is 0 Å². The quantitative estimate of drug-likeness (QED) is 0.802. The molecule has 0 bridgehead atoms. The summed E-state index contributed by atoms with van der Waals surface area (Å²) < 4.78 is 17.3. The number of hydrogen-bond acceptors (Lipinski definition) is 5. The summed E-state index contributed by atoms with van der Waals surface area (Å²) in [6.45, 7) is 12.9. The van der Waals surface area contributed by atoms with Gasteiger partial charge in [0.2, 0.25) is 0 Å². The Hall–Kier alpha value is -2.06. The van der Waals surface area contributed by atoms with Crippen molar-refractivity contribution in [2.24, 2.45) is 0 Å². The van der Waals surface area contributed by atoms with Crippen LogP contribution >= 0.6 is 0 Å². The lowest BCUT2D eigenvalue weighted by molar-refractivity contribution is 0.00578. The number of carbonyl (C=O) groups is 2. The molecule has 0 spiro atoms. The maximum atomic E-state index is 12.2. The van der Waals surface area contributed by atoms with Crippen molar-refractivity contribution in [2.75, 3.05) is 5.32 Å². The van der Waals surface area contributed by atoms with Crippen molar-refractivity contribution in [3.8, 4) is 0 Å². The summed E-state index contributed by atoms with van der Waals surface area (Å²) in [7, 11) is -0.743. The fraction of sp³-hybridized carbons (Fsp3) is 0.556. The molecule has 1 fully saturated rings. The maximum absolute atomic E-state index is 12.2. The van der Waals surface area contributed by atoms with E-state index in [1.165, 1.54) is 12.1 Å². The number of carboxylic acids is 1. The van der Waals surface area contributed by atoms with Gasteiger partial charge in [-0.2, -0.15) is 0 Å². The van der Waals surface area contributed by atoms with Crippen molar-refractivity contribution in [1.82, 2.24) is 0 Å². The highest BCUT2D eigenvalue weighted by molar-refractivity contribution is 6.64. The normalized spacial score (nSPS) is 18.5. The predicted octanol–water partition coefficient (Wildman–Crippen LogP) is 3.03. The smallest absolute Gasteiger partial charge is 0.478 e. The molecule has 0 unspecified atom stereocenters. The summed E-state index contributed by atoms with van der Waals surface area (Å²) in [5, 5.41) is 11.9. The van der Waals surface area contributed by atoms with Gasteiger partial charge in [0.05, 0.1) is 16.8 Å². The van der Waals surface area contributed by atoms with Crippen molar-refractivity contribution in [3.63, 3.8) is 0 Å². The molecule has 1 aliphatic rings. The van der Waals surface area contributed by atoms with E-state index in [0.29, 0.717) is 5.46 Å². The molecule has 1 amide bonds.